The molecule has 6 nitrogen and oxygen atoms in total. The van der Waals surface area contributed by atoms with Crippen LogP contribution in [0.5, 0.6) is 0 Å². The van der Waals surface area contributed by atoms with Gasteiger partial charge in [-0.1, -0.05) is 18.6 Å². The fourth-order valence-electron chi connectivity index (χ4n) is 2.69. The topological polar surface area (TPSA) is 92.5 Å². The predicted octanol–water partition coefficient (Wildman–Crippen LogP) is 1.80. The van der Waals surface area contributed by atoms with E-state index in [0.717, 1.165) is 31.2 Å². The average molecular weight is 292 g/mol. The van der Waals surface area contributed by atoms with Crippen molar-refractivity contribution >= 4 is 11.6 Å². The Morgan fingerprint density at radius 2 is 2.05 bits per heavy atom. The SMILES string of the molecule is O=C(Cc1ccc([N+](=O)[O-])cc1)NCC1CCCC(O)C1. The zero-order valence-corrected chi connectivity index (χ0v) is 11.8. The van der Waals surface area contributed by atoms with Gasteiger partial charge in [-0.15, -0.1) is 0 Å². The minimum Gasteiger partial charge on any atom is -0.393 e. The molecule has 21 heavy (non-hydrogen) atoms. The van der Waals surface area contributed by atoms with Gasteiger partial charge in [-0.25, -0.2) is 0 Å². The minimum atomic E-state index is -0.460. The molecule has 1 aliphatic carbocycles. The lowest BCUT2D eigenvalue weighted by molar-refractivity contribution is -0.384. The summed E-state index contributed by atoms with van der Waals surface area (Å²) in [5.74, 6) is 0.249. The van der Waals surface area contributed by atoms with Gasteiger partial charge in [0.1, 0.15) is 0 Å². The molecular formula is C15H20N2O4. The molecule has 1 aromatic rings. The first-order chi connectivity index (χ1) is 10.0. The van der Waals surface area contributed by atoms with Crippen LogP contribution in [0.1, 0.15) is 31.2 Å². The van der Waals surface area contributed by atoms with Gasteiger partial charge in [0.2, 0.25) is 5.91 Å². The number of carbonyl (C=O) groups excluding carboxylic acids is 1. The first-order valence-corrected chi connectivity index (χ1v) is 7.22. The first-order valence-electron chi connectivity index (χ1n) is 7.22. The number of hydrogen-bond acceptors (Lipinski definition) is 4. The third-order valence-electron chi connectivity index (χ3n) is 3.85. The van der Waals surface area contributed by atoms with Crippen molar-refractivity contribution in [3.63, 3.8) is 0 Å². The molecule has 114 valence electrons. The minimum absolute atomic E-state index is 0.0235. The molecule has 0 heterocycles. The van der Waals surface area contributed by atoms with E-state index in [9.17, 15) is 20.0 Å². The molecule has 1 fully saturated rings. The number of aliphatic hydroxyl groups excluding tert-OH is 1. The highest BCUT2D eigenvalue weighted by Crippen LogP contribution is 2.23. The van der Waals surface area contributed by atoms with E-state index >= 15 is 0 Å². The highest BCUT2D eigenvalue weighted by molar-refractivity contribution is 5.78. The Kier molecular flexibility index (Phi) is 5.27. The third-order valence-corrected chi connectivity index (χ3v) is 3.85. The number of nitrogens with one attached hydrogen (secondary N) is 1. The number of amides is 1. The van der Waals surface area contributed by atoms with Crippen LogP contribution in [0.15, 0.2) is 24.3 Å². The Labute approximate surface area is 123 Å². The van der Waals surface area contributed by atoms with Crippen molar-refractivity contribution in [1.29, 1.82) is 0 Å². The van der Waals surface area contributed by atoms with E-state index in [1.165, 1.54) is 12.1 Å². The summed E-state index contributed by atoms with van der Waals surface area (Å²) in [6.45, 7) is 0.586. The molecule has 2 N–H and O–H groups in total. The van der Waals surface area contributed by atoms with Crippen LogP contribution in [0.3, 0.4) is 0 Å². The summed E-state index contributed by atoms with van der Waals surface area (Å²) in [4.78, 5) is 21.9. The Morgan fingerprint density at radius 1 is 1.33 bits per heavy atom. The van der Waals surface area contributed by atoms with Gasteiger partial charge in [0.25, 0.3) is 5.69 Å². The summed E-state index contributed by atoms with van der Waals surface area (Å²) >= 11 is 0. The molecule has 0 spiro atoms. The van der Waals surface area contributed by atoms with Gasteiger partial charge in [-0.3, -0.25) is 14.9 Å². The quantitative estimate of drug-likeness (QED) is 0.639. The van der Waals surface area contributed by atoms with Gasteiger partial charge in [-0.05, 0) is 30.7 Å². The molecule has 2 rings (SSSR count). The van der Waals surface area contributed by atoms with Gasteiger partial charge >= 0.3 is 0 Å². The smallest absolute Gasteiger partial charge is 0.269 e. The largest absolute Gasteiger partial charge is 0.393 e. The summed E-state index contributed by atoms with van der Waals surface area (Å²) in [5, 5.41) is 23.0. The summed E-state index contributed by atoms with van der Waals surface area (Å²) in [6, 6.07) is 6.00. The fourth-order valence-corrected chi connectivity index (χ4v) is 2.69. The molecule has 1 aliphatic rings. The lowest BCUT2D eigenvalue weighted by Gasteiger charge is -2.25. The number of carbonyl (C=O) groups is 1. The van der Waals surface area contributed by atoms with E-state index in [0.29, 0.717) is 12.5 Å². The first kappa shape index (κ1) is 15.4. The van der Waals surface area contributed by atoms with Crippen molar-refractivity contribution in [2.45, 2.75) is 38.2 Å². The van der Waals surface area contributed by atoms with Gasteiger partial charge in [0.15, 0.2) is 0 Å². The number of nitro groups is 1. The molecule has 0 saturated heterocycles. The Balaban J connectivity index is 1.77. The number of hydrogen-bond donors (Lipinski definition) is 2. The van der Waals surface area contributed by atoms with Crippen LogP contribution in [-0.2, 0) is 11.2 Å². The maximum atomic E-state index is 11.8. The maximum Gasteiger partial charge on any atom is 0.269 e. The zero-order valence-electron chi connectivity index (χ0n) is 11.8. The molecular weight excluding hydrogens is 272 g/mol. The van der Waals surface area contributed by atoms with E-state index in [4.69, 9.17) is 0 Å². The number of benzene rings is 1. The van der Waals surface area contributed by atoms with Crippen LogP contribution in [0.2, 0.25) is 0 Å². The molecule has 2 atom stereocenters. The second-order valence-electron chi connectivity index (χ2n) is 5.59. The van der Waals surface area contributed by atoms with E-state index < -0.39 is 4.92 Å². The molecule has 0 radical (unpaired) electrons. The number of nitrogens with zero attached hydrogens (tertiary/aromatic N) is 1. The summed E-state index contributed by atoms with van der Waals surface area (Å²) < 4.78 is 0. The van der Waals surface area contributed by atoms with Gasteiger partial charge in [-0.2, -0.15) is 0 Å². The van der Waals surface area contributed by atoms with E-state index in [-0.39, 0.29) is 24.1 Å². The van der Waals surface area contributed by atoms with Crippen LogP contribution in [0, 0.1) is 16.0 Å². The second-order valence-corrected chi connectivity index (χ2v) is 5.59. The van der Waals surface area contributed by atoms with Crippen LogP contribution in [-0.4, -0.2) is 28.6 Å². The summed E-state index contributed by atoms with van der Waals surface area (Å²) in [5.41, 5.74) is 0.775. The summed E-state index contributed by atoms with van der Waals surface area (Å²) in [6.07, 6.45) is 3.62. The summed E-state index contributed by atoms with van der Waals surface area (Å²) in [7, 11) is 0. The van der Waals surface area contributed by atoms with Crippen LogP contribution in [0.4, 0.5) is 5.69 Å². The Bertz CT molecular complexity index is 501. The monoisotopic (exact) mass is 292 g/mol. The molecule has 6 heteroatoms. The molecule has 1 amide bonds. The fraction of sp³-hybridized carbons (Fsp3) is 0.533. The Morgan fingerprint density at radius 3 is 2.67 bits per heavy atom. The normalized spacial score (nSPS) is 21.8. The molecule has 0 bridgehead atoms. The van der Waals surface area contributed by atoms with Crippen LogP contribution >= 0.6 is 0 Å². The Hall–Kier alpha value is -1.95. The average Bonchev–Trinajstić information content (AvgIpc) is 2.46. The van der Waals surface area contributed by atoms with Crippen molar-refractivity contribution < 1.29 is 14.8 Å². The van der Waals surface area contributed by atoms with Crippen molar-refractivity contribution in [3.05, 3.63) is 39.9 Å². The molecule has 2 unspecified atom stereocenters. The number of aliphatic hydroxyl groups is 1. The van der Waals surface area contributed by atoms with Crippen molar-refractivity contribution in [2.24, 2.45) is 5.92 Å². The van der Waals surface area contributed by atoms with Crippen LogP contribution < -0.4 is 5.32 Å². The molecule has 1 saturated carbocycles. The van der Waals surface area contributed by atoms with Gasteiger partial charge in [0.05, 0.1) is 17.4 Å². The van der Waals surface area contributed by atoms with E-state index in [2.05, 4.69) is 5.32 Å². The maximum absolute atomic E-state index is 11.8. The van der Waals surface area contributed by atoms with Crippen molar-refractivity contribution in [1.82, 2.24) is 5.32 Å². The van der Waals surface area contributed by atoms with Crippen LogP contribution in [0.25, 0.3) is 0 Å². The number of nitro benzene ring substituents is 1. The molecule has 1 aromatic carbocycles. The number of rotatable bonds is 5. The third kappa shape index (κ3) is 4.82. The second kappa shape index (κ2) is 7.17. The molecule has 0 aromatic heterocycles. The van der Waals surface area contributed by atoms with Gasteiger partial charge < -0.3 is 10.4 Å². The van der Waals surface area contributed by atoms with E-state index in [1.54, 1.807) is 12.1 Å². The highest BCUT2D eigenvalue weighted by atomic mass is 16.6. The van der Waals surface area contributed by atoms with Crippen molar-refractivity contribution in [2.75, 3.05) is 6.54 Å². The van der Waals surface area contributed by atoms with Gasteiger partial charge in [0, 0.05) is 18.7 Å². The van der Waals surface area contributed by atoms with E-state index in [1.807, 2.05) is 0 Å². The predicted molar refractivity (Wildman–Crippen MR) is 77.8 cm³/mol. The lowest BCUT2D eigenvalue weighted by Crippen LogP contribution is -2.33. The zero-order chi connectivity index (χ0) is 15.2. The molecule has 0 aliphatic heterocycles. The lowest BCUT2D eigenvalue weighted by atomic mass is 9.87. The standard InChI is InChI=1S/C15H20N2O4/c18-14-3-1-2-12(8-14)10-16-15(19)9-11-4-6-13(7-5-11)17(20)21/h4-7,12,14,18H,1-3,8-10H2,(H,16,19). The highest BCUT2D eigenvalue weighted by Gasteiger charge is 2.20. The van der Waals surface area contributed by atoms with Crippen molar-refractivity contribution in [3.8, 4) is 0 Å². The number of non-ortho nitro benzene ring substituents is 1.